The van der Waals surface area contributed by atoms with Crippen molar-refractivity contribution < 1.29 is 22.0 Å². The van der Waals surface area contributed by atoms with E-state index in [2.05, 4.69) is 31.9 Å². The second kappa shape index (κ2) is 5.90. The van der Waals surface area contributed by atoms with Crippen LogP contribution in [0.15, 0.2) is 10.5 Å². The third kappa shape index (κ3) is 2.63. The topological polar surface area (TPSA) is 0 Å². The van der Waals surface area contributed by atoms with Crippen molar-refractivity contribution in [2.45, 2.75) is 4.83 Å². The van der Waals surface area contributed by atoms with Gasteiger partial charge in [-0.25, -0.2) is 22.0 Å². The van der Waals surface area contributed by atoms with E-state index in [1.165, 1.54) is 6.07 Å². The van der Waals surface area contributed by atoms with Gasteiger partial charge in [0, 0.05) is 14.9 Å². The summed E-state index contributed by atoms with van der Waals surface area (Å²) in [6.45, 7) is 0. The molecule has 0 fully saturated rings. The molecule has 0 aliphatic rings. The number of hydrogen-bond acceptors (Lipinski definition) is 1. The van der Waals surface area contributed by atoms with Gasteiger partial charge < -0.3 is 0 Å². The van der Waals surface area contributed by atoms with Gasteiger partial charge >= 0.3 is 0 Å². The molecule has 9 heteroatoms. The van der Waals surface area contributed by atoms with Gasteiger partial charge in [-0.2, -0.15) is 0 Å². The molecule has 0 saturated heterocycles. The summed E-state index contributed by atoms with van der Waals surface area (Å²) in [5, 5.41) is 0. The summed E-state index contributed by atoms with van der Waals surface area (Å²) in [5.74, 6) is -9.89. The van der Waals surface area contributed by atoms with Crippen molar-refractivity contribution in [3.63, 3.8) is 0 Å². The minimum atomic E-state index is -2.19. The predicted octanol–water partition coefficient (Wildman–Crippen LogP) is 6.34. The van der Waals surface area contributed by atoms with Crippen LogP contribution in [0.3, 0.4) is 0 Å². The Bertz CT molecular complexity index is 639. The second-order valence-electron chi connectivity index (χ2n) is 3.62. The smallest absolute Gasteiger partial charge is 0.200 e. The van der Waals surface area contributed by atoms with E-state index in [9.17, 15) is 22.0 Å². The summed E-state index contributed by atoms with van der Waals surface area (Å²) in [6.07, 6.45) is 0. The maximum atomic E-state index is 13.7. The lowest BCUT2D eigenvalue weighted by Gasteiger charge is -2.12. The molecule has 1 heterocycles. The van der Waals surface area contributed by atoms with E-state index in [0.717, 1.165) is 11.3 Å². The van der Waals surface area contributed by atoms with Crippen LogP contribution in [0, 0.1) is 29.1 Å². The Hall–Kier alpha value is -0.180. The van der Waals surface area contributed by atoms with Crippen LogP contribution in [0.1, 0.15) is 15.3 Å². The zero-order valence-electron chi connectivity index (χ0n) is 9.09. The molecule has 0 nitrogen and oxygen atoms in total. The molecule has 0 aliphatic heterocycles. The summed E-state index contributed by atoms with van der Waals surface area (Å²) >= 11 is 12.8. The van der Waals surface area contributed by atoms with Crippen molar-refractivity contribution >= 4 is 54.8 Å². The third-order valence-corrected chi connectivity index (χ3v) is 6.20. The summed E-state index contributed by atoms with van der Waals surface area (Å²) in [7, 11) is 0. The average molecular weight is 456 g/mol. The first kappa shape index (κ1) is 16.2. The number of rotatable bonds is 2. The standard InChI is InChI=1S/C11H2Br2ClF5S/c12-2-1-3(20-11(2)14)5(13)4-6(15)8(17)10(19)9(18)7(4)16/h1,5H. The predicted molar refractivity (Wildman–Crippen MR) is 74.0 cm³/mol. The molecule has 0 aliphatic carbocycles. The average Bonchev–Trinajstić information content (AvgIpc) is 2.74. The summed E-state index contributed by atoms with van der Waals surface area (Å²) in [6, 6.07) is 1.43. The number of alkyl halides is 1. The van der Waals surface area contributed by atoms with Gasteiger partial charge in [0.25, 0.3) is 0 Å². The Morgan fingerprint density at radius 2 is 1.40 bits per heavy atom. The van der Waals surface area contributed by atoms with Crippen molar-refractivity contribution in [2.75, 3.05) is 0 Å². The van der Waals surface area contributed by atoms with E-state index in [-0.39, 0.29) is 0 Å². The molecule has 1 atom stereocenters. The van der Waals surface area contributed by atoms with Crippen LogP contribution >= 0.6 is 54.8 Å². The zero-order chi connectivity index (χ0) is 15.2. The lowest BCUT2D eigenvalue weighted by molar-refractivity contribution is 0.371. The van der Waals surface area contributed by atoms with Crippen LogP contribution < -0.4 is 0 Å². The first-order valence-electron chi connectivity index (χ1n) is 4.85. The van der Waals surface area contributed by atoms with Crippen LogP contribution in [0.5, 0.6) is 0 Å². The highest BCUT2D eigenvalue weighted by Crippen LogP contribution is 2.43. The van der Waals surface area contributed by atoms with Crippen LogP contribution in [0.25, 0.3) is 0 Å². The molecule has 2 rings (SSSR count). The summed E-state index contributed by atoms with van der Waals surface area (Å²) in [5.41, 5.74) is -0.952. The Morgan fingerprint density at radius 1 is 0.950 bits per heavy atom. The van der Waals surface area contributed by atoms with Gasteiger partial charge in [-0.3, -0.25) is 0 Å². The highest BCUT2D eigenvalue weighted by molar-refractivity contribution is 9.10. The number of hydrogen-bond donors (Lipinski definition) is 0. The first-order chi connectivity index (χ1) is 9.25. The Labute approximate surface area is 135 Å². The molecule has 0 bridgehead atoms. The van der Waals surface area contributed by atoms with Gasteiger partial charge in [0.15, 0.2) is 23.3 Å². The highest BCUT2D eigenvalue weighted by Gasteiger charge is 2.31. The lowest BCUT2D eigenvalue weighted by Crippen LogP contribution is -2.08. The second-order valence-corrected chi connectivity index (χ2v) is 7.07. The van der Waals surface area contributed by atoms with Gasteiger partial charge in [-0.05, 0) is 22.0 Å². The molecule has 0 spiro atoms. The van der Waals surface area contributed by atoms with Crippen LogP contribution in [0.4, 0.5) is 22.0 Å². The summed E-state index contributed by atoms with van der Waals surface area (Å²) in [4.78, 5) is -0.911. The molecule has 20 heavy (non-hydrogen) atoms. The van der Waals surface area contributed by atoms with Gasteiger partial charge in [0.1, 0.15) is 4.34 Å². The van der Waals surface area contributed by atoms with Crippen LogP contribution in [0.2, 0.25) is 4.34 Å². The lowest BCUT2D eigenvalue weighted by atomic mass is 10.1. The fourth-order valence-electron chi connectivity index (χ4n) is 1.47. The van der Waals surface area contributed by atoms with Gasteiger partial charge in [-0.15, -0.1) is 11.3 Å². The molecule has 2 aromatic rings. The Morgan fingerprint density at radius 3 is 1.80 bits per heavy atom. The number of benzene rings is 1. The Balaban J connectivity index is 2.63. The van der Waals surface area contributed by atoms with Crippen molar-refractivity contribution in [1.29, 1.82) is 0 Å². The van der Waals surface area contributed by atoms with E-state index in [0.29, 0.717) is 13.7 Å². The largest absolute Gasteiger partial charge is 0.203 e. The van der Waals surface area contributed by atoms with E-state index in [4.69, 9.17) is 11.6 Å². The van der Waals surface area contributed by atoms with E-state index in [1.807, 2.05) is 0 Å². The van der Waals surface area contributed by atoms with Crippen molar-refractivity contribution in [2.24, 2.45) is 0 Å². The van der Waals surface area contributed by atoms with E-state index >= 15 is 0 Å². The molecule has 108 valence electrons. The molecule has 1 aromatic heterocycles. The number of halogens is 8. The third-order valence-electron chi connectivity index (χ3n) is 2.41. The summed E-state index contributed by atoms with van der Waals surface area (Å²) < 4.78 is 67.3. The van der Waals surface area contributed by atoms with E-state index in [1.54, 1.807) is 0 Å². The normalized spacial score (nSPS) is 12.8. The molecular weight excluding hydrogens is 454 g/mol. The monoisotopic (exact) mass is 454 g/mol. The molecule has 1 aromatic carbocycles. The van der Waals surface area contributed by atoms with Gasteiger partial charge in [0.05, 0.1) is 4.83 Å². The fourth-order valence-corrected chi connectivity index (χ4v) is 4.01. The molecule has 0 radical (unpaired) electrons. The van der Waals surface area contributed by atoms with Crippen molar-refractivity contribution in [1.82, 2.24) is 0 Å². The maximum Gasteiger partial charge on any atom is 0.200 e. The first-order valence-corrected chi connectivity index (χ1v) is 7.76. The fraction of sp³-hybridized carbons (Fsp3) is 0.0909. The molecule has 0 amide bonds. The SMILES string of the molecule is Fc1c(F)c(F)c(C(Br)c2cc(Br)c(Cl)s2)c(F)c1F. The van der Waals surface area contributed by atoms with Crippen LogP contribution in [-0.2, 0) is 0 Å². The molecular formula is C11H2Br2ClF5S. The Kier molecular flexibility index (Phi) is 4.78. The molecule has 0 saturated carbocycles. The van der Waals surface area contributed by atoms with Crippen LogP contribution in [-0.4, -0.2) is 0 Å². The van der Waals surface area contributed by atoms with E-state index < -0.39 is 39.5 Å². The molecule has 1 unspecified atom stereocenters. The van der Waals surface area contributed by atoms with Crippen molar-refractivity contribution in [3.05, 3.63) is 54.4 Å². The van der Waals surface area contributed by atoms with Gasteiger partial charge in [0.2, 0.25) is 5.82 Å². The van der Waals surface area contributed by atoms with Gasteiger partial charge in [-0.1, -0.05) is 27.5 Å². The zero-order valence-corrected chi connectivity index (χ0v) is 13.8. The maximum absolute atomic E-state index is 13.7. The quantitative estimate of drug-likeness (QED) is 0.214. The van der Waals surface area contributed by atoms with Crippen molar-refractivity contribution in [3.8, 4) is 0 Å². The number of thiophene rings is 1. The minimum absolute atomic E-state index is 0.296. The minimum Gasteiger partial charge on any atom is -0.203 e. The molecule has 0 N–H and O–H groups in total. The highest BCUT2D eigenvalue weighted by atomic mass is 79.9.